The second-order valence-electron chi connectivity index (χ2n) is 4.85. The lowest BCUT2D eigenvalue weighted by atomic mass is 10.2. The fourth-order valence-corrected chi connectivity index (χ4v) is 4.48. The molecule has 0 saturated heterocycles. The molecular formula is C15H16N2O2S2. The van der Waals surface area contributed by atoms with Gasteiger partial charge in [0, 0.05) is 15.8 Å². The van der Waals surface area contributed by atoms with Gasteiger partial charge in [-0.15, -0.1) is 11.3 Å². The first kappa shape index (κ1) is 15.7. The van der Waals surface area contributed by atoms with Crippen LogP contribution in [0.15, 0.2) is 41.3 Å². The van der Waals surface area contributed by atoms with Gasteiger partial charge in [0.05, 0.1) is 10.5 Å². The van der Waals surface area contributed by atoms with E-state index in [1.807, 2.05) is 32.0 Å². The predicted octanol–water partition coefficient (Wildman–Crippen LogP) is 2.84. The average molecular weight is 320 g/mol. The zero-order chi connectivity index (χ0) is 15.5. The number of sulfonamides is 1. The van der Waals surface area contributed by atoms with Gasteiger partial charge >= 0.3 is 0 Å². The van der Waals surface area contributed by atoms with Crippen LogP contribution in [0.25, 0.3) is 0 Å². The fraction of sp³-hybridized carbons (Fsp3) is 0.267. The molecule has 0 bridgehead atoms. The molecule has 1 aromatic carbocycles. The summed E-state index contributed by atoms with van der Waals surface area (Å²) in [5.74, 6) is 0. The molecule has 6 heteroatoms. The van der Waals surface area contributed by atoms with Crippen molar-refractivity contribution < 1.29 is 8.42 Å². The smallest absolute Gasteiger partial charge is 0.208 e. The molecule has 2 aromatic rings. The van der Waals surface area contributed by atoms with Gasteiger partial charge in [-0.1, -0.05) is 12.1 Å². The van der Waals surface area contributed by atoms with E-state index in [0.29, 0.717) is 6.42 Å². The van der Waals surface area contributed by atoms with Crippen LogP contribution in [-0.4, -0.2) is 14.5 Å². The van der Waals surface area contributed by atoms with Crippen molar-refractivity contribution in [2.24, 2.45) is 0 Å². The van der Waals surface area contributed by atoms with Crippen LogP contribution in [0.4, 0.5) is 0 Å². The van der Waals surface area contributed by atoms with Crippen molar-refractivity contribution in [1.29, 1.82) is 5.26 Å². The number of nitrogens with one attached hydrogen (secondary N) is 1. The van der Waals surface area contributed by atoms with E-state index in [1.165, 1.54) is 17.0 Å². The number of thiophene rings is 1. The lowest BCUT2D eigenvalue weighted by Gasteiger charge is -2.14. The minimum absolute atomic E-state index is 0.0294. The Labute approximate surface area is 129 Å². The van der Waals surface area contributed by atoms with E-state index in [0.717, 1.165) is 4.88 Å². The molecule has 21 heavy (non-hydrogen) atoms. The third kappa shape index (κ3) is 3.91. The quantitative estimate of drug-likeness (QED) is 0.921. The third-order valence-corrected chi connectivity index (χ3v) is 5.63. The van der Waals surface area contributed by atoms with Crippen molar-refractivity contribution in [1.82, 2.24) is 4.72 Å². The van der Waals surface area contributed by atoms with E-state index in [4.69, 9.17) is 5.26 Å². The first-order chi connectivity index (χ1) is 9.92. The Hall–Kier alpha value is -1.68. The lowest BCUT2D eigenvalue weighted by Crippen LogP contribution is -2.34. The van der Waals surface area contributed by atoms with Gasteiger partial charge in [0.15, 0.2) is 0 Å². The van der Waals surface area contributed by atoms with Gasteiger partial charge in [-0.3, -0.25) is 0 Å². The van der Waals surface area contributed by atoms with E-state index >= 15 is 0 Å². The topological polar surface area (TPSA) is 70.0 Å². The number of benzene rings is 1. The van der Waals surface area contributed by atoms with Crippen LogP contribution in [0.1, 0.15) is 22.2 Å². The van der Waals surface area contributed by atoms with Gasteiger partial charge in [0.2, 0.25) is 10.0 Å². The van der Waals surface area contributed by atoms with Gasteiger partial charge < -0.3 is 0 Å². The molecule has 0 radical (unpaired) electrons. The highest BCUT2D eigenvalue weighted by Gasteiger charge is 2.20. The second kappa shape index (κ2) is 6.39. The van der Waals surface area contributed by atoms with E-state index in [9.17, 15) is 8.42 Å². The minimum Gasteiger partial charge on any atom is -0.208 e. The Morgan fingerprint density at radius 3 is 2.62 bits per heavy atom. The Bertz CT molecular complexity index is 773. The molecule has 0 spiro atoms. The van der Waals surface area contributed by atoms with E-state index in [1.54, 1.807) is 23.5 Å². The average Bonchev–Trinajstić information content (AvgIpc) is 2.83. The normalized spacial score (nSPS) is 12.8. The Morgan fingerprint density at radius 1 is 1.29 bits per heavy atom. The first-order valence-corrected chi connectivity index (χ1v) is 8.79. The largest absolute Gasteiger partial charge is 0.242 e. The number of hydrogen-bond acceptors (Lipinski definition) is 4. The molecule has 1 N–H and O–H groups in total. The zero-order valence-electron chi connectivity index (χ0n) is 11.8. The summed E-state index contributed by atoms with van der Waals surface area (Å²) in [6, 6.07) is 11.9. The van der Waals surface area contributed by atoms with Crippen molar-refractivity contribution >= 4 is 21.4 Å². The highest BCUT2D eigenvalue weighted by molar-refractivity contribution is 7.89. The molecule has 1 atom stereocenters. The Morgan fingerprint density at radius 2 is 2.00 bits per heavy atom. The van der Waals surface area contributed by atoms with Crippen LogP contribution in [0.5, 0.6) is 0 Å². The SMILES string of the molecule is Cc1ccc(CC(C)NS(=O)(=O)c2ccccc2C#N)s1. The van der Waals surface area contributed by atoms with Crippen molar-refractivity contribution in [3.63, 3.8) is 0 Å². The lowest BCUT2D eigenvalue weighted by molar-refractivity contribution is 0.560. The highest BCUT2D eigenvalue weighted by atomic mass is 32.2. The predicted molar refractivity (Wildman–Crippen MR) is 83.7 cm³/mol. The second-order valence-corrected chi connectivity index (χ2v) is 7.90. The molecule has 1 unspecified atom stereocenters. The maximum atomic E-state index is 12.4. The highest BCUT2D eigenvalue weighted by Crippen LogP contribution is 2.19. The summed E-state index contributed by atoms with van der Waals surface area (Å²) in [6.45, 7) is 3.84. The van der Waals surface area contributed by atoms with Gasteiger partial charge in [0.1, 0.15) is 6.07 Å². The summed E-state index contributed by atoms with van der Waals surface area (Å²) in [4.78, 5) is 2.37. The Kier molecular flexibility index (Phi) is 4.78. The molecule has 1 aromatic heterocycles. The molecule has 0 saturated carbocycles. The van der Waals surface area contributed by atoms with Gasteiger partial charge in [-0.25, -0.2) is 13.1 Å². The molecule has 4 nitrogen and oxygen atoms in total. The van der Waals surface area contributed by atoms with E-state index in [2.05, 4.69) is 4.72 Å². The van der Waals surface area contributed by atoms with Crippen LogP contribution in [-0.2, 0) is 16.4 Å². The minimum atomic E-state index is -3.68. The standard InChI is InChI=1S/C15H16N2O2S2/c1-11(9-14-8-7-12(2)20-14)17-21(18,19)15-6-4-3-5-13(15)10-16/h3-8,11,17H,9H2,1-2H3. The van der Waals surface area contributed by atoms with Gasteiger partial charge in [-0.2, -0.15) is 5.26 Å². The van der Waals surface area contributed by atoms with Crippen LogP contribution >= 0.6 is 11.3 Å². The van der Waals surface area contributed by atoms with Crippen molar-refractivity contribution in [2.75, 3.05) is 0 Å². The van der Waals surface area contributed by atoms with Crippen LogP contribution in [0.2, 0.25) is 0 Å². The monoisotopic (exact) mass is 320 g/mol. The first-order valence-electron chi connectivity index (χ1n) is 6.49. The van der Waals surface area contributed by atoms with E-state index in [-0.39, 0.29) is 16.5 Å². The maximum Gasteiger partial charge on any atom is 0.242 e. The summed E-state index contributed by atoms with van der Waals surface area (Å²) < 4.78 is 27.4. The number of hydrogen-bond donors (Lipinski definition) is 1. The summed E-state index contributed by atoms with van der Waals surface area (Å²) in [6.07, 6.45) is 0.631. The van der Waals surface area contributed by atoms with Crippen molar-refractivity contribution in [3.05, 3.63) is 51.7 Å². The van der Waals surface area contributed by atoms with E-state index < -0.39 is 10.0 Å². The van der Waals surface area contributed by atoms with Crippen LogP contribution < -0.4 is 4.72 Å². The summed E-state index contributed by atoms with van der Waals surface area (Å²) in [5.41, 5.74) is 0.157. The maximum absolute atomic E-state index is 12.4. The number of nitrogens with zero attached hydrogens (tertiary/aromatic N) is 1. The number of aryl methyl sites for hydroxylation is 1. The molecule has 1 heterocycles. The van der Waals surface area contributed by atoms with Crippen molar-refractivity contribution in [3.8, 4) is 6.07 Å². The number of nitriles is 1. The van der Waals surface area contributed by atoms with Crippen molar-refractivity contribution in [2.45, 2.75) is 31.2 Å². The summed E-state index contributed by atoms with van der Waals surface area (Å²) in [5, 5.41) is 9.01. The molecule has 0 aliphatic carbocycles. The molecular weight excluding hydrogens is 304 g/mol. The fourth-order valence-electron chi connectivity index (χ4n) is 2.06. The molecule has 0 amide bonds. The van der Waals surface area contributed by atoms with Crippen LogP contribution in [0, 0.1) is 18.3 Å². The number of rotatable bonds is 5. The summed E-state index contributed by atoms with van der Waals surface area (Å²) in [7, 11) is -3.68. The van der Waals surface area contributed by atoms with Crippen LogP contribution in [0.3, 0.4) is 0 Å². The Balaban J connectivity index is 2.15. The molecule has 110 valence electrons. The third-order valence-electron chi connectivity index (χ3n) is 2.96. The molecule has 2 rings (SSSR count). The van der Waals surface area contributed by atoms with Gasteiger partial charge in [0.25, 0.3) is 0 Å². The molecule has 0 aliphatic rings. The van der Waals surface area contributed by atoms with Gasteiger partial charge in [-0.05, 0) is 44.5 Å². The summed E-state index contributed by atoms with van der Waals surface area (Å²) >= 11 is 1.66. The molecule has 0 aliphatic heterocycles. The molecule has 0 fully saturated rings. The zero-order valence-corrected chi connectivity index (χ0v) is 13.5.